The van der Waals surface area contributed by atoms with E-state index in [4.69, 9.17) is 0 Å². The Morgan fingerprint density at radius 3 is 1.97 bits per heavy atom. The fraction of sp³-hybridized carbons (Fsp3) is 0.364. The quantitative estimate of drug-likeness (QED) is 0.670. The number of hydrogen-bond donors (Lipinski definition) is 1. The lowest BCUT2D eigenvalue weighted by molar-refractivity contribution is 0.0668. The number of Topliss-reactive ketones (excluding diaryl/α,β-unsaturated/α-hetero) is 1. The van der Waals surface area contributed by atoms with Crippen molar-refractivity contribution in [3.8, 4) is 0 Å². The van der Waals surface area contributed by atoms with Crippen molar-refractivity contribution in [1.29, 1.82) is 0 Å². The van der Waals surface area contributed by atoms with Crippen molar-refractivity contribution in [1.82, 2.24) is 0 Å². The number of hydrogen-bond acceptors (Lipinski definition) is 6. The zero-order chi connectivity index (χ0) is 24.1. The number of alkyl halides is 1. The summed E-state index contributed by atoms with van der Waals surface area (Å²) in [5.41, 5.74) is -4.08. The molecule has 32 heavy (non-hydrogen) atoms. The molecule has 0 saturated heterocycles. The summed E-state index contributed by atoms with van der Waals surface area (Å²) in [5.74, 6) is -3.16. The monoisotopic (exact) mass is 480 g/mol. The predicted molar refractivity (Wildman–Crippen MR) is 113 cm³/mol. The Kier molecular flexibility index (Phi) is 4.42. The highest BCUT2D eigenvalue weighted by molar-refractivity contribution is 7.94. The molecule has 0 saturated carbocycles. The largest absolute Gasteiger partial charge is 0.478 e. The van der Waals surface area contributed by atoms with Crippen LogP contribution in [-0.2, 0) is 30.5 Å². The van der Waals surface area contributed by atoms with Crippen molar-refractivity contribution >= 4 is 31.4 Å². The molecule has 7 nitrogen and oxygen atoms in total. The van der Waals surface area contributed by atoms with E-state index in [0.29, 0.717) is 0 Å². The Morgan fingerprint density at radius 2 is 1.41 bits per heavy atom. The highest BCUT2D eigenvalue weighted by Crippen LogP contribution is 2.56. The van der Waals surface area contributed by atoms with Gasteiger partial charge in [0, 0.05) is 16.4 Å². The van der Waals surface area contributed by atoms with Gasteiger partial charge < -0.3 is 5.11 Å². The van der Waals surface area contributed by atoms with Crippen LogP contribution in [0.4, 0.5) is 4.39 Å². The van der Waals surface area contributed by atoms with Gasteiger partial charge in [-0.05, 0) is 29.3 Å². The molecule has 0 bridgehead atoms. The van der Waals surface area contributed by atoms with E-state index in [0.717, 1.165) is 12.1 Å². The number of fused-ring (bicyclic) bond motifs is 2. The molecule has 0 amide bonds. The standard InChI is InChI=1S/C22H21FO7S2/c1-20(2)11-31(27,28)14-9-5-7-12(16(14)20)18(24)22(23)21(3,4)17-13(19(25)26)8-6-10-15(17)32(22,29)30/h5-10H,11H2,1-4H3,(H,25,26). The molecule has 1 N–H and O–H groups in total. The highest BCUT2D eigenvalue weighted by Gasteiger charge is 2.70. The van der Waals surface area contributed by atoms with E-state index in [1.807, 2.05) is 0 Å². The van der Waals surface area contributed by atoms with E-state index in [9.17, 15) is 31.5 Å². The molecule has 2 aromatic carbocycles. The fourth-order valence-electron chi connectivity index (χ4n) is 5.11. The second kappa shape index (κ2) is 6.26. The number of carboxylic acids is 1. The minimum absolute atomic E-state index is 0.0717. The van der Waals surface area contributed by atoms with E-state index < -0.39 is 57.7 Å². The molecule has 2 aliphatic heterocycles. The van der Waals surface area contributed by atoms with Crippen LogP contribution in [0.15, 0.2) is 46.2 Å². The molecule has 0 spiro atoms. The summed E-state index contributed by atoms with van der Waals surface area (Å²) < 4.78 is 68.8. The Morgan fingerprint density at radius 1 is 0.875 bits per heavy atom. The smallest absolute Gasteiger partial charge is 0.336 e. The van der Waals surface area contributed by atoms with E-state index in [1.165, 1.54) is 38.1 Å². The van der Waals surface area contributed by atoms with Gasteiger partial charge in [0.2, 0.25) is 15.6 Å². The Bertz CT molecular complexity index is 1440. The first-order chi connectivity index (χ1) is 14.5. The van der Waals surface area contributed by atoms with Crippen LogP contribution in [0.1, 0.15) is 59.5 Å². The number of carbonyl (C=O) groups is 2. The average Bonchev–Trinajstić information content (AvgIpc) is 2.96. The SMILES string of the molecule is CC1(C)CS(=O)(=O)c2cccc(C(=O)C3(F)C(C)(C)c4c(C(=O)O)cccc4S3(=O)=O)c21. The number of halogens is 1. The maximum atomic E-state index is 16.8. The Balaban J connectivity index is 2.05. The van der Waals surface area contributed by atoms with E-state index in [1.54, 1.807) is 13.8 Å². The van der Waals surface area contributed by atoms with Crippen LogP contribution in [0, 0.1) is 0 Å². The lowest BCUT2D eigenvalue weighted by Crippen LogP contribution is -2.52. The van der Waals surface area contributed by atoms with Gasteiger partial charge in [0.25, 0.3) is 5.00 Å². The molecule has 4 rings (SSSR count). The summed E-state index contributed by atoms with van der Waals surface area (Å²) in [6.45, 7) is 5.52. The first-order valence-electron chi connectivity index (χ1n) is 9.73. The summed E-state index contributed by atoms with van der Waals surface area (Å²) in [4.78, 5) is 24.8. The normalized spacial score (nSPS) is 25.7. The van der Waals surface area contributed by atoms with Gasteiger partial charge in [0.15, 0.2) is 9.84 Å². The third kappa shape index (κ3) is 2.50. The average molecular weight is 481 g/mol. The van der Waals surface area contributed by atoms with Gasteiger partial charge in [0.1, 0.15) is 0 Å². The fourth-order valence-corrected chi connectivity index (χ4v) is 9.66. The maximum absolute atomic E-state index is 16.8. The summed E-state index contributed by atoms with van der Waals surface area (Å²) >= 11 is 0. The summed E-state index contributed by atoms with van der Waals surface area (Å²) in [6.07, 6.45) is 0. The molecule has 170 valence electrons. The van der Waals surface area contributed by atoms with Gasteiger partial charge in [-0.3, -0.25) is 4.79 Å². The Hall–Kier alpha value is -2.59. The number of rotatable bonds is 3. The third-order valence-corrected chi connectivity index (χ3v) is 10.9. The molecule has 2 heterocycles. The van der Waals surface area contributed by atoms with Crippen molar-refractivity contribution in [3.63, 3.8) is 0 Å². The molecule has 2 aliphatic rings. The lowest BCUT2D eigenvalue weighted by Gasteiger charge is -2.33. The van der Waals surface area contributed by atoms with Crippen molar-refractivity contribution in [2.24, 2.45) is 0 Å². The van der Waals surface area contributed by atoms with Crippen LogP contribution in [0.25, 0.3) is 0 Å². The number of benzene rings is 2. The van der Waals surface area contributed by atoms with Gasteiger partial charge in [0.05, 0.1) is 21.1 Å². The molecule has 0 fully saturated rings. The molecule has 0 aliphatic carbocycles. The first-order valence-corrected chi connectivity index (χ1v) is 12.9. The van der Waals surface area contributed by atoms with Gasteiger partial charge in [-0.2, -0.15) is 0 Å². The number of carbonyl (C=O) groups excluding carboxylic acids is 1. The summed E-state index contributed by atoms with van der Waals surface area (Å²) in [5, 5.41) is 6.03. The minimum Gasteiger partial charge on any atom is -0.478 e. The van der Waals surface area contributed by atoms with E-state index in [-0.39, 0.29) is 27.3 Å². The maximum Gasteiger partial charge on any atom is 0.336 e. The molecule has 1 unspecified atom stereocenters. The Labute approximate surface area is 185 Å². The molecular formula is C22H21FO7S2. The number of sulfone groups is 2. The molecule has 0 aromatic heterocycles. The molecular weight excluding hydrogens is 459 g/mol. The van der Waals surface area contributed by atoms with Crippen molar-refractivity contribution in [2.45, 2.75) is 53.3 Å². The topological polar surface area (TPSA) is 123 Å². The molecule has 1 atom stereocenters. The second-order valence-electron chi connectivity index (χ2n) is 9.36. The van der Waals surface area contributed by atoms with Crippen molar-refractivity contribution < 1.29 is 35.9 Å². The van der Waals surface area contributed by atoms with Crippen LogP contribution in [0.5, 0.6) is 0 Å². The molecule has 10 heteroatoms. The minimum atomic E-state index is -4.97. The zero-order valence-electron chi connectivity index (χ0n) is 17.8. The molecule has 0 radical (unpaired) electrons. The number of ketones is 1. The zero-order valence-corrected chi connectivity index (χ0v) is 19.4. The van der Waals surface area contributed by atoms with Crippen molar-refractivity contribution in [3.05, 3.63) is 58.7 Å². The highest BCUT2D eigenvalue weighted by atomic mass is 32.2. The van der Waals surface area contributed by atoms with Crippen LogP contribution >= 0.6 is 0 Å². The van der Waals surface area contributed by atoms with Gasteiger partial charge >= 0.3 is 5.97 Å². The van der Waals surface area contributed by atoms with Crippen molar-refractivity contribution in [2.75, 3.05) is 5.75 Å². The third-order valence-electron chi connectivity index (χ3n) is 6.47. The first kappa shape index (κ1) is 22.6. The van der Waals surface area contributed by atoms with E-state index >= 15 is 4.39 Å². The van der Waals surface area contributed by atoms with Gasteiger partial charge in [-0.25, -0.2) is 26.0 Å². The lowest BCUT2D eigenvalue weighted by atomic mass is 9.73. The summed E-state index contributed by atoms with van der Waals surface area (Å²) in [6, 6.07) is 7.23. The second-order valence-corrected chi connectivity index (χ2v) is 13.3. The van der Waals surface area contributed by atoms with Crippen LogP contribution < -0.4 is 0 Å². The van der Waals surface area contributed by atoms with Crippen LogP contribution in [-0.4, -0.2) is 44.4 Å². The summed E-state index contributed by atoms with van der Waals surface area (Å²) in [7, 11) is -8.71. The van der Waals surface area contributed by atoms with Gasteiger partial charge in [-0.15, -0.1) is 0 Å². The van der Waals surface area contributed by atoms with E-state index in [2.05, 4.69) is 0 Å². The van der Waals surface area contributed by atoms with Crippen LogP contribution in [0.2, 0.25) is 0 Å². The number of aromatic carboxylic acids is 1. The number of carboxylic acid groups (broad SMARTS) is 1. The predicted octanol–water partition coefficient (Wildman–Crippen LogP) is 3.06. The molecule has 2 aromatic rings. The van der Waals surface area contributed by atoms with Crippen LogP contribution in [0.3, 0.4) is 0 Å². The van der Waals surface area contributed by atoms with Gasteiger partial charge in [-0.1, -0.05) is 45.9 Å².